The van der Waals surface area contributed by atoms with Crippen LogP contribution < -0.4 is 24.4 Å². The van der Waals surface area contributed by atoms with Crippen LogP contribution in [-0.4, -0.2) is 16.5 Å². The Labute approximate surface area is 302 Å². The molecule has 0 fully saturated rings. The van der Waals surface area contributed by atoms with Gasteiger partial charge in [-0.1, -0.05) is 105 Å². The zero-order valence-corrected chi connectivity index (χ0v) is 28.7. The molecular weight excluding hydrogens is 637 g/mol. The van der Waals surface area contributed by atoms with Crippen molar-refractivity contribution in [2.24, 2.45) is 0 Å². The lowest BCUT2D eigenvalue weighted by Crippen LogP contribution is -2.55. The molecule has 6 nitrogen and oxygen atoms in total. The standard InChI is InChI=1S/C45H32BN5O/c1-45(2)36-25-24-33(28-42(36)49-29-48(30-13-4-3-5-14-30)40-22-11-19-37(45)43(40)49)52-32-16-10-15-31(27-32)50-44-41(23-12-26-47-44)51-39-21-9-7-18-35(39)34-17-6-8-20-38(34)46(50)51/h3-28H,1-2H3. The molecular formula is C45H32BN5O. The van der Waals surface area contributed by atoms with Crippen LogP contribution in [0.5, 0.6) is 11.5 Å². The maximum Gasteiger partial charge on any atom is 0.422 e. The van der Waals surface area contributed by atoms with Gasteiger partial charge in [-0.3, -0.25) is 9.13 Å². The van der Waals surface area contributed by atoms with Crippen LogP contribution in [0, 0.1) is 6.33 Å². The minimum atomic E-state index is -0.207. The maximum absolute atomic E-state index is 6.74. The Morgan fingerprint density at radius 2 is 1.40 bits per heavy atom. The van der Waals surface area contributed by atoms with Crippen molar-refractivity contribution in [3.8, 4) is 34.0 Å². The average molecular weight is 670 g/mol. The van der Waals surface area contributed by atoms with Crippen LogP contribution in [0.1, 0.15) is 25.0 Å². The van der Waals surface area contributed by atoms with Crippen LogP contribution >= 0.6 is 0 Å². The lowest BCUT2D eigenvalue weighted by atomic mass is 9.59. The van der Waals surface area contributed by atoms with Gasteiger partial charge in [0.05, 0.1) is 28.1 Å². The van der Waals surface area contributed by atoms with Crippen molar-refractivity contribution in [2.45, 2.75) is 19.3 Å². The molecule has 5 heterocycles. The Bertz CT molecular complexity index is 2740. The number of fused-ring (bicyclic) bond motifs is 10. The predicted molar refractivity (Wildman–Crippen MR) is 208 cm³/mol. The number of nitrogens with zero attached hydrogens (tertiary/aromatic N) is 5. The van der Waals surface area contributed by atoms with E-state index >= 15 is 0 Å². The molecule has 8 aromatic rings. The smallest absolute Gasteiger partial charge is 0.422 e. The van der Waals surface area contributed by atoms with E-state index in [0.717, 1.165) is 45.6 Å². The monoisotopic (exact) mass is 669 g/mol. The van der Waals surface area contributed by atoms with E-state index < -0.39 is 0 Å². The highest BCUT2D eigenvalue weighted by Crippen LogP contribution is 2.50. The van der Waals surface area contributed by atoms with E-state index in [9.17, 15) is 0 Å². The first-order chi connectivity index (χ1) is 25.6. The van der Waals surface area contributed by atoms with Crippen molar-refractivity contribution in [3.05, 3.63) is 175 Å². The largest absolute Gasteiger partial charge is 0.458 e. The van der Waals surface area contributed by atoms with Gasteiger partial charge in [0, 0.05) is 34.6 Å². The average Bonchev–Trinajstić information content (AvgIpc) is 3.75. The summed E-state index contributed by atoms with van der Waals surface area (Å²) in [5.41, 5.74) is 13.7. The van der Waals surface area contributed by atoms with Crippen molar-refractivity contribution in [2.75, 3.05) is 9.62 Å². The van der Waals surface area contributed by atoms with Gasteiger partial charge in [0.15, 0.2) is 0 Å². The number of ether oxygens (including phenoxy) is 1. The van der Waals surface area contributed by atoms with Gasteiger partial charge in [0.25, 0.3) is 6.33 Å². The fraction of sp³-hybridized carbons (Fsp3) is 0.0667. The first kappa shape index (κ1) is 29.2. The Morgan fingerprint density at radius 3 is 2.31 bits per heavy atom. The van der Waals surface area contributed by atoms with Crippen LogP contribution in [0.25, 0.3) is 33.5 Å². The first-order valence-electron chi connectivity index (χ1n) is 17.8. The Balaban J connectivity index is 1.01. The lowest BCUT2D eigenvalue weighted by molar-refractivity contribution is -0.572. The summed E-state index contributed by atoms with van der Waals surface area (Å²) < 4.78 is 11.1. The Morgan fingerprint density at radius 1 is 0.635 bits per heavy atom. The number of aromatic nitrogens is 3. The van der Waals surface area contributed by atoms with E-state index in [1.165, 1.54) is 38.9 Å². The Kier molecular flexibility index (Phi) is 6.00. The molecule has 0 N–H and O–H groups in total. The minimum absolute atomic E-state index is 0.0970. The van der Waals surface area contributed by atoms with E-state index in [-0.39, 0.29) is 12.4 Å². The molecule has 0 amide bonds. The van der Waals surface area contributed by atoms with Crippen molar-refractivity contribution < 1.29 is 9.30 Å². The van der Waals surface area contributed by atoms with Crippen molar-refractivity contribution in [3.63, 3.8) is 0 Å². The molecule has 2 aromatic heterocycles. The first-order valence-corrected chi connectivity index (χ1v) is 17.8. The zero-order chi connectivity index (χ0) is 34.6. The fourth-order valence-corrected chi connectivity index (χ4v) is 8.68. The van der Waals surface area contributed by atoms with E-state index in [0.29, 0.717) is 0 Å². The van der Waals surface area contributed by atoms with E-state index in [2.05, 4.69) is 172 Å². The van der Waals surface area contributed by atoms with Crippen LogP contribution in [0.4, 0.5) is 22.9 Å². The summed E-state index contributed by atoms with van der Waals surface area (Å²) in [6.07, 6.45) is 5.57. The molecule has 0 atom stereocenters. The number of anilines is 4. The molecule has 0 saturated heterocycles. The molecule has 11 rings (SSSR count). The molecule has 0 spiro atoms. The second-order valence-electron chi connectivity index (χ2n) is 14.2. The second-order valence-corrected chi connectivity index (χ2v) is 14.2. The topological polar surface area (TPSA) is 37.4 Å². The molecule has 52 heavy (non-hydrogen) atoms. The summed E-state index contributed by atoms with van der Waals surface area (Å²) in [5.74, 6) is 2.45. The number of imidazole rings is 1. The predicted octanol–water partition coefficient (Wildman–Crippen LogP) is 9.20. The summed E-state index contributed by atoms with van der Waals surface area (Å²) in [7, 11) is 0. The highest BCUT2D eigenvalue weighted by Gasteiger charge is 2.48. The maximum atomic E-state index is 6.74. The fourth-order valence-electron chi connectivity index (χ4n) is 8.68. The molecule has 3 aliphatic rings. The quantitative estimate of drug-likeness (QED) is 0.106. The van der Waals surface area contributed by atoms with Gasteiger partial charge < -0.3 is 14.4 Å². The SMILES string of the molecule is CC1(C)c2ccc(Oc3cccc(N4B5c6ccccc6-c6ccccc6N5c5cccnc54)c3)cc2-n2[c-][n+](-c3ccccc3)c3cccc1c32. The summed E-state index contributed by atoms with van der Waals surface area (Å²) >= 11 is 0. The molecule has 0 bridgehead atoms. The number of para-hydroxylation sites is 3. The van der Waals surface area contributed by atoms with Gasteiger partial charge in [-0.05, 0) is 76.8 Å². The third-order valence-corrected chi connectivity index (χ3v) is 11.0. The van der Waals surface area contributed by atoms with Gasteiger partial charge in [-0.2, -0.15) is 0 Å². The number of hydrogen-bond acceptors (Lipinski definition) is 4. The number of hydrogen-bond donors (Lipinski definition) is 0. The van der Waals surface area contributed by atoms with Crippen molar-refractivity contribution in [1.29, 1.82) is 0 Å². The molecule has 0 saturated carbocycles. The minimum Gasteiger partial charge on any atom is -0.458 e. The van der Waals surface area contributed by atoms with Gasteiger partial charge in [-0.15, -0.1) is 0 Å². The second kappa shape index (κ2) is 10.7. The molecule has 0 aliphatic carbocycles. The van der Waals surface area contributed by atoms with Crippen LogP contribution in [-0.2, 0) is 5.41 Å². The molecule has 7 heteroatoms. The van der Waals surface area contributed by atoms with Crippen molar-refractivity contribution >= 4 is 46.4 Å². The van der Waals surface area contributed by atoms with E-state index in [4.69, 9.17) is 9.72 Å². The summed E-state index contributed by atoms with van der Waals surface area (Å²) in [4.78, 5) is 9.73. The van der Waals surface area contributed by atoms with Crippen LogP contribution in [0.15, 0.2) is 158 Å². The molecule has 0 unspecified atom stereocenters. The normalized spacial score (nSPS) is 14.4. The van der Waals surface area contributed by atoms with Gasteiger partial charge in [0.1, 0.15) is 17.3 Å². The molecule has 246 valence electrons. The lowest BCUT2D eigenvalue weighted by Gasteiger charge is -2.36. The van der Waals surface area contributed by atoms with Crippen molar-refractivity contribution in [1.82, 2.24) is 9.55 Å². The third-order valence-electron chi connectivity index (χ3n) is 11.0. The van der Waals surface area contributed by atoms with Gasteiger partial charge in [0.2, 0.25) is 0 Å². The van der Waals surface area contributed by atoms with E-state index in [1.54, 1.807) is 0 Å². The number of benzene rings is 6. The van der Waals surface area contributed by atoms with Crippen LogP contribution in [0.3, 0.4) is 0 Å². The summed E-state index contributed by atoms with van der Waals surface area (Å²) in [6.45, 7) is 4.52. The molecule has 3 aliphatic heterocycles. The highest BCUT2D eigenvalue weighted by molar-refractivity contribution is 6.86. The van der Waals surface area contributed by atoms with E-state index in [1.807, 2.05) is 24.4 Å². The highest BCUT2D eigenvalue weighted by atomic mass is 16.5. The summed E-state index contributed by atoms with van der Waals surface area (Å²) in [5, 5.41) is 0. The molecule has 6 aromatic carbocycles. The van der Waals surface area contributed by atoms with Gasteiger partial charge in [-0.25, -0.2) is 4.98 Å². The van der Waals surface area contributed by atoms with Crippen LogP contribution in [0.2, 0.25) is 0 Å². The number of rotatable bonds is 4. The zero-order valence-electron chi connectivity index (χ0n) is 28.7. The molecule has 0 radical (unpaired) electrons. The summed E-state index contributed by atoms with van der Waals surface area (Å²) in [6, 6.07) is 53.5. The van der Waals surface area contributed by atoms with Gasteiger partial charge >= 0.3 is 6.98 Å². The third kappa shape index (κ3) is 4.02. The number of pyridine rings is 1. The Hall–Kier alpha value is -6.60.